The fraction of sp³-hybridized carbons (Fsp3) is 1.00. The Bertz CT molecular complexity index is 189. The van der Waals surface area contributed by atoms with Gasteiger partial charge in [-0.25, -0.2) is 0 Å². The van der Waals surface area contributed by atoms with Gasteiger partial charge in [0.2, 0.25) is 0 Å². The summed E-state index contributed by atoms with van der Waals surface area (Å²) in [7, 11) is 0. The van der Waals surface area contributed by atoms with Crippen LogP contribution in [-0.2, 0) is 9.47 Å². The van der Waals surface area contributed by atoms with Crippen LogP contribution in [0.4, 0.5) is 0 Å². The highest BCUT2D eigenvalue weighted by molar-refractivity contribution is 7.99. The summed E-state index contributed by atoms with van der Waals surface area (Å²) in [5, 5.41) is 3.60. The van der Waals surface area contributed by atoms with Gasteiger partial charge in [0.25, 0.3) is 0 Å². The molecule has 1 N–H and O–H groups in total. The number of ether oxygens (including phenoxy) is 2. The van der Waals surface area contributed by atoms with E-state index in [2.05, 4.69) is 17.1 Å². The largest absolute Gasteiger partial charge is 0.348 e. The Morgan fingerprint density at radius 2 is 1.93 bits per heavy atom. The minimum absolute atomic E-state index is 0.323. The van der Waals surface area contributed by atoms with Crippen LogP contribution in [-0.4, -0.2) is 43.1 Å². The zero-order chi connectivity index (χ0) is 10.6. The van der Waals surface area contributed by atoms with Crippen LogP contribution in [0.25, 0.3) is 0 Å². The lowest BCUT2D eigenvalue weighted by molar-refractivity contribution is -0.145. The van der Waals surface area contributed by atoms with Crippen LogP contribution >= 0.6 is 11.8 Å². The third-order valence-corrected chi connectivity index (χ3v) is 4.18. The van der Waals surface area contributed by atoms with Gasteiger partial charge in [-0.15, -0.1) is 0 Å². The van der Waals surface area contributed by atoms with E-state index >= 15 is 0 Å². The van der Waals surface area contributed by atoms with E-state index in [-0.39, 0.29) is 5.79 Å². The average molecular weight is 231 g/mol. The summed E-state index contributed by atoms with van der Waals surface area (Å²) < 4.78 is 11.1. The van der Waals surface area contributed by atoms with Crippen molar-refractivity contribution in [2.24, 2.45) is 0 Å². The molecule has 2 aliphatic heterocycles. The third kappa shape index (κ3) is 3.63. The maximum atomic E-state index is 5.56. The van der Waals surface area contributed by atoms with Crippen molar-refractivity contribution < 1.29 is 9.47 Å². The molecule has 0 amide bonds. The van der Waals surface area contributed by atoms with Crippen LogP contribution in [0.2, 0.25) is 0 Å². The third-order valence-electron chi connectivity index (χ3n) is 3.13. The molecule has 3 nitrogen and oxygen atoms in total. The number of nitrogens with one attached hydrogen (secondary N) is 1. The summed E-state index contributed by atoms with van der Waals surface area (Å²) in [6.07, 6.45) is 3.57. The topological polar surface area (TPSA) is 30.5 Å². The van der Waals surface area contributed by atoms with Gasteiger partial charge >= 0.3 is 0 Å². The molecule has 2 saturated heterocycles. The second kappa shape index (κ2) is 5.53. The van der Waals surface area contributed by atoms with Crippen molar-refractivity contribution in [3.63, 3.8) is 0 Å². The molecule has 0 bridgehead atoms. The Hall–Kier alpha value is 0.230. The van der Waals surface area contributed by atoms with Crippen molar-refractivity contribution in [3.8, 4) is 0 Å². The van der Waals surface area contributed by atoms with Gasteiger partial charge < -0.3 is 14.8 Å². The molecule has 0 atom stereocenters. The fourth-order valence-corrected chi connectivity index (χ4v) is 3.21. The van der Waals surface area contributed by atoms with Crippen molar-refractivity contribution in [2.75, 3.05) is 31.3 Å². The number of hydrogen-bond donors (Lipinski definition) is 1. The van der Waals surface area contributed by atoms with Gasteiger partial charge in [0.15, 0.2) is 5.79 Å². The van der Waals surface area contributed by atoms with E-state index in [4.69, 9.17) is 9.47 Å². The molecular weight excluding hydrogens is 210 g/mol. The molecule has 0 aliphatic carbocycles. The molecule has 0 saturated carbocycles. The van der Waals surface area contributed by atoms with E-state index < -0.39 is 0 Å². The normalized spacial score (nSPS) is 27.0. The van der Waals surface area contributed by atoms with Gasteiger partial charge in [-0.05, 0) is 31.3 Å². The first kappa shape index (κ1) is 11.7. The summed E-state index contributed by atoms with van der Waals surface area (Å²) in [5.41, 5.74) is 0. The maximum absolute atomic E-state index is 5.56. The smallest absolute Gasteiger partial charge is 0.166 e. The summed E-state index contributed by atoms with van der Waals surface area (Å²) >= 11 is 2.07. The SMILES string of the molecule is CC1(CCNC2CCSCC2)OCCO1. The van der Waals surface area contributed by atoms with Crippen LogP contribution in [0, 0.1) is 0 Å². The molecule has 0 aromatic rings. The minimum Gasteiger partial charge on any atom is -0.348 e. The van der Waals surface area contributed by atoms with E-state index in [1.165, 1.54) is 24.3 Å². The maximum Gasteiger partial charge on any atom is 0.166 e. The second-order valence-electron chi connectivity index (χ2n) is 4.42. The average Bonchev–Trinajstić information content (AvgIpc) is 2.67. The molecule has 0 spiro atoms. The standard InChI is InChI=1S/C11H21NO2S/c1-11(13-6-7-14-11)4-5-12-10-2-8-15-9-3-10/h10,12H,2-9H2,1H3. The number of hydrogen-bond acceptors (Lipinski definition) is 4. The Balaban J connectivity index is 1.61. The molecule has 0 aromatic carbocycles. The van der Waals surface area contributed by atoms with Crippen LogP contribution in [0.15, 0.2) is 0 Å². The van der Waals surface area contributed by atoms with E-state index in [0.29, 0.717) is 0 Å². The van der Waals surface area contributed by atoms with Crippen LogP contribution in [0.3, 0.4) is 0 Å². The summed E-state index contributed by atoms with van der Waals surface area (Å²) in [6.45, 7) is 4.54. The van der Waals surface area contributed by atoms with Crippen LogP contribution in [0.1, 0.15) is 26.2 Å². The summed E-state index contributed by atoms with van der Waals surface area (Å²) in [6, 6.07) is 0.719. The Morgan fingerprint density at radius 3 is 2.60 bits per heavy atom. The van der Waals surface area contributed by atoms with E-state index in [0.717, 1.165) is 32.2 Å². The van der Waals surface area contributed by atoms with Gasteiger partial charge in [-0.2, -0.15) is 11.8 Å². The molecule has 2 rings (SSSR count). The van der Waals surface area contributed by atoms with Gasteiger partial charge in [-0.1, -0.05) is 0 Å². The van der Waals surface area contributed by atoms with E-state index in [1.54, 1.807) is 0 Å². The molecule has 15 heavy (non-hydrogen) atoms. The predicted octanol–water partition coefficient (Wildman–Crippen LogP) is 1.62. The highest BCUT2D eigenvalue weighted by Crippen LogP contribution is 2.22. The first-order valence-corrected chi connectivity index (χ1v) is 7.03. The number of rotatable bonds is 4. The Kier molecular flexibility index (Phi) is 4.31. The monoisotopic (exact) mass is 231 g/mol. The quantitative estimate of drug-likeness (QED) is 0.796. The molecule has 0 unspecified atom stereocenters. The molecule has 4 heteroatoms. The molecule has 2 heterocycles. The molecule has 2 aliphatic rings. The zero-order valence-corrected chi connectivity index (χ0v) is 10.3. The molecule has 0 aromatic heterocycles. The van der Waals surface area contributed by atoms with Gasteiger partial charge in [-0.3, -0.25) is 0 Å². The first-order chi connectivity index (χ1) is 7.29. The first-order valence-electron chi connectivity index (χ1n) is 5.88. The van der Waals surface area contributed by atoms with Crippen LogP contribution in [0.5, 0.6) is 0 Å². The summed E-state index contributed by atoms with van der Waals surface area (Å²) in [5.74, 6) is 2.29. The van der Waals surface area contributed by atoms with E-state index in [1.807, 2.05) is 6.92 Å². The Morgan fingerprint density at radius 1 is 1.27 bits per heavy atom. The van der Waals surface area contributed by atoms with Crippen molar-refractivity contribution in [1.29, 1.82) is 0 Å². The van der Waals surface area contributed by atoms with Gasteiger partial charge in [0.1, 0.15) is 0 Å². The lowest BCUT2D eigenvalue weighted by Crippen LogP contribution is -2.37. The van der Waals surface area contributed by atoms with Crippen molar-refractivity contribution in [2.45, 2.75) is 38.0 Å². The zero-order valence-electron chi connectivity index (χ0n) is 9.46. The highest BCUT2D eigenvalue weighted by atomic mass is 32.2. The van der Waals surface area contributed by atoms with Crippen molar-refractivity contribution in [1.82, 2.24) is 5.32 Å². The Labute approximate surface area is 96.3 Å². The van der Waals surface area contributed by atoms with Crippen LogP contribution < -0.4 is 5.32 Å². The summed E-state index contributed by atoms with van der Waals surface area (Å²) in [4.78, 5) is 0. The number of thioether (sulfide) groups is 1. The molecular formula is C11H21NO2S. The molecule has 88 valence electrons. The second-order valence-corrected chi connectivity index (χ2v) is 5.65. The van der Waals surface area contributed by atoms with Gasteiger partial charge in [0.05, 0.1) is 13.2 Å². The fourth-order valence-electron chi connectivity index (χ4n) is 2.11. The lowest BCUT2D eigenvalue weighted by Gasteiger charge is -2.26. The lowest BCUT2D eigenvalue weighted by atomic mass is 10.1. The van der Waals surface area contributed by atoms with Crippen molar-refractivity contribution >= 4 is 11.8 Å². The molecule has 0 radical (unpaired) electrons. The van der Waals surface area contributed by atoms with Gasteiger partial charge in [0, 0.05) is 19.0 Å². The minimum atomic E-state index is -0.323. The predicted molar refractivity (Wildman–Crippen MR) is 63.3 cm³/mol. The van der Waals surface area contributed by atoms with Crippen molar-refractivity contribution in [3.05, 3.63) is 0 Å². The van der Waals surface area contributed by atoms with E-state index in [9.17, 15) is 0 Å². The molecule has 2 fully saturated rings. The highest BCUT2D eigenvalue weighted by Gasteiger charge is 2.30.